The van der Waals surface area contributed by atoms with Crippen molar-refractivity contribution in [2.24, 2.45) is 4.99 Å². The number of amides is 1. The Labute approximate surface area is 149 Å². The number of aliphatic imine (C=N–C) groups is 1. The second-order valence-electron chi connectivity index (χ2n) is 4.95. The van der Waals surface area contributed by atoms with Crippen LogP contribution < -0.4 is 10.1 Å². The number of hydrogen-bond acceptors (Lipinski definition) is 5. The third-order valence-corrected chi connectivity index (χ3v) is 5.02. The Morgan fingerprint density at radius 1 is 1.12 bits per heavy atom. The molecule has 2 aromatic carbocycles. The van der Waals surface area contributed by atoms with Crippen LogP contribution in [0.3, 0.4) is 0 Å². The van der Waals surface area contributed by atoms with Crippen LogP contribution in [0.4, 0.5) is 5.69 Å². The average Bonchev–Trinajstić information content (AvgIpc) is 2.95. The molecule has 6 heteroatoms. The van der Waals surface area contributed by atoms with Gasteiger partial charge in [0.15, 0.2) is 5.17 Å². The van der Waals surface area contributed by atoms with Crippen molar-refractivity contribution < 1.29 is 9.53 Å². The molecule has 122 valence electrons. The van der Waals surface area contributed by atoms with Crippen molar-refractivity contribution in [1.29, 1.82) is 0 Å². The quantitative estimate of drug-likeness (QED) is 0.655. The standard InChI is InChI=1S/C18H16N2O2S2/c1-22-14-7-5-13(6-8-14)19-18-20-17(21)16(24-18)11-12-3-9-15(23-2)10-4-12/h3-11H,1-2H3,(H,19,20,21)/b16-11-. The third kappa shape index (κ3) is 4.01. The molecule has 1 saturated heterocycles. The van der Waals surface area contributed by atoms with Crippen molar-refractivity contribution in [3.8, 4) is 5.75 Å². The molecule has 24 heavy (non-hydrogen) atoms. The molecule has 3 rings (SSSR count). The Morgan fingerprint density at radius 3 is 2.46 bits per heavy atom. The molecule has 1 N–H and O–H groups in total. The van der Waals surface area contributed by atoms with Crippen LogP contribution in [0, 0.1) is 0 Å². The van der Waals surface area contributed by atoms with Gasteiger partial charge in [-0.2, -0.15) is 0 Å². The Bertz CT molecular complexity index is 797. The molecule has 0 atom stereocenters. The number of methoxy groups -OCH3 is 1. The Morgan fingerprint density at radius 2 is 1.83 bits per heavy atom. The molecule has 4 nitrogen and oxygen atoms in total. The summed E-state index contributed by atoms with van der Waals surface area (Å²) in [6.45, 7) is 0. The first-order valence-electron chi connectivity index (χ1n) is 7.25. The lowest BCUT2D eigenvalue weighted by Crippen LogP contribution is -2.19. The van der Waals surface area contributed by atoms with E-state index in [1.807, 2.05) is 60.9 Å². The van der Waals surface area contributed by atoms with Gasteiger partial charge in [0.25, 0.3) is 5.91 Å². The molecular weight excluding hydrogens is 340 g/mol. The Balaban J connectivity index is 1.76. The van der Waals surface area contributed by atoms with Crippen molar-refractivity contribution in [3.63, 3.8) is 0 Å². The molecular formula is C18H16N2O2S2. The highest BCUT2D eigenvalue weighted by molar-refractivity contribution is 8.18. The van der Waals surface area contributed by atoms with Gasteiger partial charge in [0.2, 0.25) is 0 Å². The number of nitrogens with zero attached hydrogens (tertiary/aromatic N) is 1. The first-order valence-corrected chi connectivity index (χ1v) is 9.30. The smallest absolute Gasteiger partial charge is 0.264 e. The summed E-state index contributed by atoms with van der Waals surface area (Å²) in [6, 6.07) is 15.5. The predicted molar refractivity (Wildman–Crippen MR) is 102 cm³/mol. The topological polar surface area (TPSA) is 50.7 Å². The molecule has 1 heterocycles. The highest BCUT2D eigenvalue weighted by Crippen LogP contribution is 2.29. The number of carbonyl (C=O) groups is 1. The Hall–Kier alpha value is -2.18. The van der Waals surface area contributed by atoms with Crippen LogP contribution in [0.5, 0.6) is 5.75 Å². The van der Waals surface area contributed by atoms with Crippen LogP contribution >= 0.6 is 23.5 Å². The minimum atomic E-state index is -0.124. The molecule has 1 aliphatic heterocycles. The van der Waals surface area contributed by atoms with Gasteiger partial charge < -0.3 is 10.1 Å². The van der Waals surface area contributed by atoms with Crippen molar-refractivity contribution in [1.82, 2.24) is 5.32 Å². The molecule has 1 amide bonds. The van der Waals surface area contributed by atoms with Crippen LogP contribution in [0.15, 0.2) is 63.3 Å². The molecule has 1 aliphatic rings. The van der Waals surface area contributed by atoms with E-state index in [2.05, 4.69) is 10.3 Å². The largest absolute Gasteiger partial charge is 0.497 e. The highest BCUT2D eigenvalue weighted by Gasteiger charge is 2.23. The van der Waals surface area contributed by atoms with E-state index < -0.39 is 0 Å². The van der Waals surface area contributed by atoms with Crippen molar-refractivity contribution in [2.45, 2.75) is 4.90 Å². The third-order valence-electron chi connectivity index (χ3n) is 3.37. The maximum absolute atomic E-state index is 12.1. The van der Waals surface area contributed by atoms with E-state index in [0.717, 1.165) is 17.0 Å². The van der Waals surface area contributed by atoms with Gasteiger partial charge >= 0.3 is 0 Å². The minimum absolute atomic E-state index is 0.124. The Kier molecular flexibility index (Phi) is 5.27. The summed E-state index contributed by atoms with van der Waals surface area (Å²) in [6.07, 6.45) is 3.91. The monoisotopic (exact) mass is 356 g/mol. The molecule has 1 fully saturated rings. The van der Waals surface area contributed by atoms with Crippen molar-refractivity contribution >= 4 is 46.4 Å². The minimum Gasteiger partial charge on any atom is -0.497 e. The summed E-state index contributed by atoms with van der Waals surface area (Å²) < 4.78 is 5.12. The SMILES string of the molecule is COc1ccc(N=C2NC(=O)/C(=C/c3ccc(SC)cc3)S2)cc1. The normalized spacial score (nSPS) is 17.3. The van der Waals surface area contributed by atoms with E-state index in [4.69, 9.17) is 4.74 Å². The maximum atomic E-state index is 12.1. The first-order chi connectivity index (χ1) is 11.7. The van der Waals surface area contributed by atoms with Crippen LogP contribution in [0.25, 0.3) is 6.08 Å². The molecule has 0 unspecified atom stereocenters. The van der Waals surface area contributed by atoms with Crippen molar-refractivity contribution in [3.05, 3.63) is 59.0 Å². The second kappa shape index (κ2) is 7.59. The van der Waals surface area contributed by atoms with Gasteiger partial charge in [-0.15, -0.1) is 11.8 Å². The lowest BCUT2D eigenvalue weighted by Gasteiger charge is -2.00. The lowest BCUT2D eigenvalue weighted by atomic mass is 10.2. The number of benzene rings is 2. The first kappa shape index (κ1) is 16.7. The summed E-state index contributed by atoms with van der Waals surface area (Å²) in [5.74, 6) is 0.650. The number of amidine groups is 1. The fraction of sp³-hybridized carbons (Fsp3) is 0.111. The number of carbonyl (C=O) groups excluding carboxylic acids is 1. The summed E-state index contributed by atoms with van der Waals surface area (Å²) in [5, 5.41) is 3.37. The molecule has 0 aromatic heterocycles. The van der Waals surface area contributed by atoms with Crippen LogP contribution in [0.1, 0.15) is 5.56 Å². The van der Waals surface area contributed by atoms with E-state index in [9.17, 15) is 4.79 Å². The fourth-order valence-corrected chi connectivity index (χ4v) is 3.36. The highest BCUT2D eigenvalue weighted by atomic mass is 32.2. The zero-order valence-corrected chi connectivity index (χ0v) is 14.9. The van der Waals surface area contributed by atoms with Gasteiger partial charge in [-0.05, 0) is 66.1 Å². The maximum Gasteiger partial charge on any atom is 0.264 e. The van der Waals surface area contributed by atoms with Gasteiger partial charge in [0.05, 0.1) is 17.7 Å². The predicted octanol–water partition coefficient (Wildman–Crippen LogP) is 4.31. The molecule has 0 radical (unpaired) electrons. The van der Waals surface area contributed by atoms with E-state index in [1.165, 1.54) is 16.7 Å². The van der Waals surface area contributed by atoms with Gasteiger partial charge in [-0.25, -0.2) is 4.99 Å². The van der Waals surface area contributed by atoms with Gasteiger partial charge in [0.1, 0.15) is 5.75 Å². The van der Waals surface area contributed by atoms with E-state index >= 15 is 0 Å². The van der Waals surface area contributed by atoms with E-state index in [1.54, 1.807) is 18.9 Å². The van der Waals surface area contributed by atoms with E-state index in [-0.39, 0.29) is 5.91 Å². The molecule has 2 aromatic rings. The summed E-state index contributed by atoms with van der Waals surface area (Å²) in [4.78, 5) is 18.4. The summed E-state index contributed by atoms with van der Waals surface area (Å²) in [5.41, 5.74) is 1.76. The number of hydrogen-bond donors (Lipinski definition) is 1. The van der Waals surface area contributed by atoms with Gasteiger partial charge in [-0.1, -0.05) is 12.1 Å². The number of rotatable bonds is 4. The van der Waals surface area contributed by atoms with Crippen LogP contribution in [0.2, 0.25) is 0 Å². The second-order valence-corrected chi connectivity index (χ2v) is 6.86. The zero-order valence-electron chi connectivity index (χ0n) is 13.3. The number of thioether (sulfide) groups is 2. The van der Waals surface area contributed by atoms with Crippen molar-refractivity contribution in [2.75, 3.05) is 13.4 Å². The zero-order chi connectivity index (χ0) is 16.9. The van der Waals surface area contributed by atoms with Gasteiger partial charge in [-0.3, -0.25) is 4.79 Å². The average molecular weight is 356 g/mol. The van der Waals surface area contributed by atoms with Crippen LogP contribution in [-0.4, -0.2) is 24.4 Å². The molecule has 0 aliphatic carbocycles. The number of nitrogens with one attached hydrogen (secondary N) is 1. The van der Waals surface area contributed by atoms with Crippen LogP contribution in [-0.2, 0) is 4.79 Å². The summed E-state index contributed by atoms with van der Waals surface area (Å²) in [7, 11) is 1.62. The molecule has 0 spiro atoms. The van der Waals surface area contributed by atoms with E-state index in [0.29, 0.717) is 10.1 Å². The lowest BCUT2D eigenvalue weighted by molar-refractivity contribution is -0.115. The fourth-order valence-electron chi connectivity index (χ4n) is 2.11. The molecule has 0 bridgehead atoms. The number of ether oxygens (including phenoxy) is 1. The summed E-state index contributed by atoms with van der Waals surface area (Å²) >= 11 is 3.03. The van der Waals surface area contributed by atoms with Gasteiger partial charge in [0, 0.05) is 4.90 Å². The molecule has 0 saturated carbocycles.